The molecule has 0 spiro atoms. The van der Waals surface area contributed by atoms with Gasteiger partial charge in [0.2, 0.25) is 5.75 Å². The average molecular weight is 390 g/mol. The first-order chi connectivity index (χ1) is 14.2. The van der Waals surface area contributed by atoms with E-state index in [1.165, 1.54) is 0 Å². The predicted octanol–water partition coefficient (Wildman–Crippen LogP) is 4.93. The average Bonchev–Trinajstić information content (AvgIpc) is 3.21. The van der Waals surface area contributed by atoms with Crippen LogP contribution in [0.4, 0.5) is 0 Å². The van der Waals surface area contributed by atoms with E-state index in [4.69, 9.17) is 18.9 Å². The van der Waals surface area contributed by atoms with Crippen LogP contribution in [-0.4, -0.2) is 38.6 Å². The van der Waals surface area contributed by atoms with Gasteiger partial charge in [-0.05, 0) is 59.7 Å². The van der Waals surface area contributed by atoms with Crippen molar-refractivity contribution < 1.29 is 18.9 Å². The largest absolute Gasteiger partial charge is 0.497 e. The molecule has 0 saturated heterocycles. The highest BCUT2D eigenvalue weighted by atomic mass is 16.5. The Bertz CT molecular complexity index is 1120. The Labute approximate surface area is 169 Å². The van der Waals surface area contributed by atoms with Crippen molar-refractivity contribution in [3.63, 3.8) is 0 Å². The summed E-state index contributed by atoms with van der Waals surface area (Å²) in [7, 11) is 6.48. The van der Waals surface area contributed by atoms with Gasteiger partial charge >= 0.3 is 0 Å². The highest BCUT2D eigenvalue weighted by Crippen LogP contribution is 2.42. The van der Waals surface area contributed by atoms with Gasteiger partial charge in [-0.25, -0.2) is 0 Å². The molecule has 0 saturated carbocycles. The van der Waals surface area contributed by atoms with Crippen molar-refractivity contribution in [3.8, 4) is 45.4 Å². The van der Waals surface area contributed by atoms with Crippen LogP contribution < -0.4 is 18.9 Å². The Kier molecular flexibility index (Phi) is 4.99. The summed E-state index contributed by atoms with van der Waals surface area (Å²) in [4.78, 5) is 0. The number of methoxy groups -OCH3 is 4. The third-order valence-electron chi connectivity index (χ3n) is 4.92. The SMILES string of the molecule is COc1ccc(-c2n[nH]c3ccc(-c4cc(OC)c(OC)c(OC)c4)cc23)cc1. The van der Waals surface area contributed by atoms with Crippen LogP contribution in [0.5, 0.6) is 23.0 Å². The van der Waals surface area contributed by atoms with Gasteiger partial charge in [0.25, 0.3) is 0 Å². The number of hydrogen-bond donors (Lipinski definition) is 1. The van der Waals surface area contributed by atoms with Gasteiger partial charge in [0.15, 0.2) is 11.5 Å². The number of ether oxygens (including phenoxy) is 4. The van der Waals surface area contributed by atoms with Crippen LogP contribution in [0.15, 0.2) is 54.6 Å². The Morgan fingerprint density at radius 1 is 0.655 bits per heavy atom. The van der Waals surface area contributed by atoms with Crippen LogP contribution in [0.2, 0.25) is 0 Å². The number of benzene rings is 3. The second-order valence-corrected chi connectivity index (χ2v) is 6.48. The van der Waals surface area contributed by atoms with Crippen LogP contribution in [0.25, 0.3) is 33.3 Å². The first kappa shape index (κ1) is 18.7. The van der Waals surface area contributed by atoms with Crippen LogP contribution in [-0.2, 0) is 0 Å². The van der Waals surface area contributed by atoms with E-state index < -0.39 is 0 Å². The highest BCUT2D eigenvalue weighted by Gasteiger charge is 2.15. The molecule has 0 radical (unpaired) electrons. The fourth-order valence-electron chi connectivity index (χ4n) is 3.41. The Morgan fingerprint density at radius 3 is 1.90 bits per heavy atom. The molecular weight excluding hydrogens is 368 g/mol. The smallest absolute Gasteiger partial charge is 0.203 e. The van der Waals surface area contributed by atoms with Crippen molar-refractivity contribution in [3.05, 3.63) is 54.6 Å². The lowest BCUT2D eigenvalue weighted by molar-refractivity contribution is 0.324. The predicted molar refractivity (Wildman–Crippen MR) is 113 cm³/mol. The van der Waals surface area contributed by atoms with Gasteiger partial charge in [-0.1, -0.05) is 6.07 Å². The zero-order chi connectivity index (χ0) is 20.4. The molecule has 4 aromatic rings. The minimum absolute atomic E-state index is 0.571. The maximum Gasteiger partial charge on any atom is 0.203 e. The summed E-state index contributed by atoms with van der Waals surface area (Å²) in [5.74, 6) is 2.61. The number of aromatic nitrogens is 2. The summed E-state index contributed by atoms with van der Waals surface area (Å²) in [5.41, 5.74) is 4.85. The van der Waals surface area contributed by atoms with E-state index in [9.17, 15) is 0 Å². The lowest BCUT2D eigenvalue weighted by atomic mass is 10.0. The third kappa shape index (κ3) is 3.33. The van der Waals surface area contributed by atoms with Crippen molar-refractivity contribution in [2.45, 2.75) is 0 Å². The monoisotopic (exact) mass is 390 g/mol. The highest BCUT2D eigenvalue weighted by molar-refractivity contribution is 5.96. The molecule has 29 heavy (non-hydrogen) atoms. The van der Waals surface area contributed by atoms with Crippen molar-refractivity contribution >= 4 is 10.9 Å². The Balaban J connectivity index is 1.83. The minimum Gasteiger partial charge on any atom is -0.497 e. The van der Waals surface area contributed by atoms with Crippen LogP contribution in [0.3, 0.4) is 0 Å². The molecule has 0 bridgehead atoms. The molecule has 0 amide bonds. The molecule has 6 nitrogen and oxygen atoms in total. The van der Waals surface area contributed by atoms with E-state index in [0.29, 0.717) is 17.2 Å². The molecule has 0 aliphatic heterocycles. The second-order valence-electron chi connectivity index (χ2n) is 6.48. The first-order valence-corrected chi connectivity index (χ1v) is 9.11. The quantitative estimate of drug-likeness (QED) is 0.506. The van der Waals surface area contributed by atoms with Gasteiger partial charge < -0.3 is 18.9 Å². The Morgan fingerprint density at radius 2 is 1.31 bits per heavy atom. The summed E-state index contributed by atoms with van der Waals surface area (Å²) >= 11 is 0. The number of aromatic amines is 1. The fourth-order valence-corrected chi connectivity index (χ4v) is 3.41. The molecule has 0 aliphatic carbocycles. The zero-order valence-corrected chi connectivity index (χ0v) is 16.8. The minimum atomic E-state index is 0.571. The number of nitrogens with one attached hydrogen (secondary N) is 1. The molecule has 0 atom stereocenters. The molecule has 3 aromatic carbocycles. The Hall–Kier alpha value is -3.67. The molecule has 6 heteroatoms. The van der Waals surface area contributed by atoms with Crippen LogP contribution >= 0.6 is 0 Å². The van der Waals surface area contributed by atoms with Crippen LogP contribution in [0, 0.1) is 0 Å². The molecule has 4 rings (SSSR count). The lowest BCUT2D eigenvalue weighted by Crippen LogP contribution is -1.95. The van der Waals surface area contributed by atoms with E-state index in [1.807, 2.05) is 48.5 Å². The third-order valence-corrected chi connectivity index (χ3v) is 4.92. The van der Waals surface area contributed by atoms with E-state index >= 15 is 0 Å². The van der Waals surface area contributed by atoms with Crippen molar-refractivity contribution in [2.24, 2.45) is 0 Å². The second kappa shape index (κ2) is 7.75. The van der Waals surface area contributed by atoms with Gasteiger partial charge in [0, 0.05) is 10.9 Å². The van der Waals surface area contributed by atoms with E-state index in [0.717, 1.165) is 39.0 Å². The summed E-state index contributed by atoms with van der Waals surface area (Å²) < 4.78 is 21.7. The molecular formula is C23H22N2O4. The van der Waals surface area contributed by atoms with E-state index in [2.05, 4.69) is 16.3 Å². The molecule has 1 aromatic heterocycles. The zero-order valence-electron chi connectivity index (χ0n) is 16.8. The molecule has 1 N–H and O–H groups in total. The summed E-state index contributed by atoms with van der Waals surface area (Å²) in [6.07, 6.45) is 0. The summed E-state index contributed by atoms with van der Waals surface area (Å²) in [6.45, 7) is 0. The van der Waals surface area contributed by atoms with E-state index in [-0.39, 0.29) is 0 Å². The molecule has 0 fully saturated rings. The maximum absolute atomic E-state index is 5.49. The van der Waals surface area contributed by atoms with Gasteiger partial charge in [-0.15, -0.1) is 0 Å². The number of hydrogen-bond acceptors (Lipinski definition) is 5. The normalized spacial score (nSPS) is 10.8. The number of H-pyrrole nitrogens is 1. The number of nitrogens with zero attached hydrogens (tertiary/aromatic N) is 1. The summed E-state index contributed by atoms with van der Waals surface area (Å²) in [5, 5.41) is 8.65. The summed E-state index contributed by atoms with van der Waals surface area (Å²) in [6, 6.07) is 17.9. The molecule has 148 valence electrons. The van der Waals surface area contributed by atoms with Gasteiger partial charge in [-0.2, -0.15) is 5.10 Å². The fraction of sp³-hybridized carbons (Fsp3) is 0.174. The lowest BCUT2D eigenvalue weighted by Gasteiger charge is -2.14. The van der Waals surface area contributed by atoms with Crippen LogP contribution in [0.1, 0.15) is 0 Å². The van der Waals surface area contributed by atoms with Gasteiger partial charge in [0.1, 0.15) is 5.75 Å². The van der Waals surface area contributed by atoms with Gasteiger partial charge in [-0.3, -0.25) is 5.10 Å². The number of rotatable bonds is 6. The molecule has 1 heterocycles. The standard InChI is InChI=1S/C23H22N2O4/c1-26-17-8-5-14(6-9-17)22-18-11-15(7-10-19(18)24-25-22)16-12-20(27-2)23(29-4)21(13-16)28-3/h5-13H,1-4H3,(H,24,25). The first-order valence-electron chi connectivity index (χ1n) is 9.11. The van der Waals surface area contributed by atoms with E-state index in [1.54, 1.807) is 28.4 Å². The topological polar surface area (TPSA) is 65.6 Å². The molecule has 0 unspecified atom stereocenters. The molecule has 0 aliphatic rings. The maximum atomic E-state index is 5.49. The van der Waals surface area contributed by atoms with Crippen molar-refractivity contribution in [2.75, 3.05) is 28.4 Å². The number of fused-ring (bicyclic) bond motifs is 1. The van der Waals surface area contributed by atoms with Crippen molar-refractivity contribution in [1.82, 2.24) is 10.2 Å². The van der Waals surface area contributed by atoms with Gasteiger partial charge in [0.05, 0.1) is 39.6 Å². The van der Waals surface area contributed by atoms with Crippen molar-refractivity contribution in [1.29, 1.82) is 0 Å².